The van der Waals surface area contributed by atoms with E-state index in [1.165, 1.54) is 17.3 Å². The van der Waals surface area contributed by atoms with E-state index in [2.05, 4.69) is 26.8 Å². The maximum Gasteiger partial charge on any atom is 0.338 e. The van der Waals surface area contributed by atoms with Gasteiger partial charge in [0.15, 0.2) is 0 Å². The molecule has 22 heavy (non-hydrogen) atoms. The van der Waals surface area contributed by atoms with Gasteiger partial charge in [-0.25, -0.2) is 19.7 Å². The highest BCUT2D eigenvalue weighted by molar-refractivity contribution is 7.11. The second-order valence-corrected chi connectivity index (χ2v) is 6.80. The molecule has 1 aliphatic heterocycles. The summed E-state index contributed by atoms with van der Waals surface area (Å²) in [5.41, 5.74) is 1.22. The van der Waals surface area contributed by atoms with Crippen molar-refractivity contribution in [3.05, 3.63) is 39.4 Å². The molecule has 6 nitrogen and oxygen atoms in total. The Labute approximate surface area is 132 Å². The first-order chi connectivity index (χ1) is 10.5. The molecule has 3 heterocycles. The molecule has 1 unspecified atom stereocenters. The minimum atomic E-state index is -0.997. The number of nitrogens with zero attached hydrogens (tertiary/aromatic N) is 4. The van der Waals surface area contributed by atoms with Crippen LogP contribution in [0.5, 0.6) is 0 Å². The van der Waals surface area contributed by atoms with Crippen LogP contribution in [0.2, 0.25) is 0 Å². The molecule has 0 amide bonds. The van der Waals surface area contributed by atoms with Crippen molar-refractivity contribution in [1.29, 1.82) is 0 Å². The molecular formula is C15H18N4O2S. The highest BCUT2D eigenvalue weighted by Crippen LogP contribution is 2.32. The summed E-state index contributed by atoms with van der Waals surface area (Å²) in [5, 5.41) is 10.0. The first-order valence-corrected chi connectivity index (χ1v) is 8.08. The lowest BCUT2D eigenvalue weighted by molar-refractivity contribution is 0.0695. The van der Waals surface area contributed by atoms with Gasteiger partial charge in [-0.2, -0.15) is 0 Å². The van der Waals surface area contributed by atoms with E-state index in [0.717, 1.165) is 36.6 Å². The van der Waals surface area contributed by atoms with Crippen molar-refractivity contribution in [2.45, 2.75) is 39.3 Å². The number of hydrogen-bond donors (Lipinski definition) is 1. The second-order valence-electron chi connectivity index (χ2n) is 5.51. The minimum absolute atomic E-state index is 0.125. The molecule has 2 aromatic heterocycles. The van der Waals surface area contributed by atoms with Crippen molar-refractivity contribution in [2.24, 2.45) is 0 Å². The maximum atomic E-state index is 10.9. The van der Waals surface area contributed by atoms with Crippen LogP contribution < -0.4 is 0 Å². The van der Waals surface area contributed by atoms with Crippen LogP contribution in [0.1, 0.15) is 50.6 Å². The predicted octanol–water partition coefficient (Wildman–Crippen LogP) is 2.59. The van der Waals surface area contributed by atoms with Gasteiger partial charge in [0.05, 0.1) is 23.8 Å². The minimum Gasteiger partial charge on any atom is -0.478 e. The molecular weight excluding hydrogens is 300 g/mol. The van der Waals surface area contributed by atoms with E-state index in [1.54, 1.807) is 11.3 Å². The standard InChI is InChI=1S/C15H18N4O2S/c1-9-10(2)22-13(18-9)8-19-5-3-4-12(19)14-16-6-11(7-17-14)15(20)21/h6-7,12H,3-5,8H2,1-2H3,(H,20,21). The van der Waals surface area contributed by atoms with Gasteiger partial charge in [-0.15, -0.1) is 11.3 Å². The van der Waals surface area contributed by atoms with E-state index in [4.69, 9.17) is 5.11 Å². The Balaban J connectivity index is 1.76. The van der Waals surface area contributed by atoms with Crippen LogP contribution >= 0.6 is 11.3 Å². The molecule has 3 rings (SSSR count). The molecule has 0 bridgehead atoms. The normalized spacial score (nSPS) is 18.7. The Morgan fingerprint density at radius 2 is 2.14 bits per heavy atom. The zero-order valence-electron chi connectivity index (χ0n) is 12.6. The van der Waals surface area contributed by atoms with Crippen molar-refractivity contribution in [1.82, 2.24) is 19.9 Å². The number of carbonyl (C=O) groups is 1. The van der Waals surface area contributed by atoms with Gasteiger partial charge in [-0.05, 0) is 33.2 Å². The topological polar surface area (TPSA) is 79.2 Å². The van der Waals surface area contributed by atoms with E-state index in [-0.39, 0.29) is 11.6 Å². The Morgan fingerprint density at radius 3 is 2.73 bits per heavy atom. The lowest BCUT2D eigenvalue weighted by Crippen LogP contribution is -2.24. The van der Waals surface area contributed by atoms with E-state index < -0.39 is 5.97 Å². The summed E-state index contributed by atoms with van der Waals surface area (Å²) in [6.07, 6.45) is 4.87. The summed E-state index contributed by atoms with van der Waals surface area (Å²) in [4.78, 5) is 27.5. The van der Waals surface area contributed by atoms with Gasteiger partial charge in [0.1, 0.15) is 10.8 Å². The first kappa shape index (κ1) is 15.1. The number of likely N-dealkylation sites (tertiary alicyclic amines) is 1. The molecule has 1 saturated heterocycles. The van der Waals surface area contributed by atoms with Gasteiger partial charge in [-0.3, -0.25) is 4.90 Å². The molecule has 116 valence electrons. The zero-order valence-corrected chi connectivity index (χ0v) is 13.4. The van der Waals surface area contributed by atoms with Crippen molar-refractivity contribution in [2.75, 3.05) is 6.54 Å². The number of hydrogen-bond acceptors (Lipinski definition) is 6. The van der Waals surface area contributed by atoms with Crippen LogP contribution in [0.4, 0.5) is 0 Å². The Hall–Kier alpha value is -1.86. The van der Waals surface area contributed by atoms with Gasteiger partial charge < -0.3 is 5.11 Å². The molecule has 0 aliphatic carbocycles. The molecule has 0 spiro atoms. The third kappa shape index (κ3) is 3.00. The highest BCUT2D eigenvalue weighted by atomic mass is 32.1. The number of rotatable bonds is 4. The highest BCUT2D eigenvalue weighted by Gasteiger charge is 2.29. The van der Waals surface area contributed by atoms with Gasteiger partial charge in [0.2, 0.25) is 0 Å². The average Bonchev–Trinajstić information content (AvgIpc) is 3.07. The molecule has 1 atom stereocenters. The summed E-state index contributed by atoms with van der Waals surface area (Å²) < 4.78 is 0. The lowest BCUT2D eigenvalue weighted by Gasteiger charge is -2.22. The zero-order chi connectivity index (χ0) is 15.7. The van der Waals surface area contributed by atoms with Gasteiger partial charge in [-0.1, -0.05) is 0 Å². The summed E-state index contributed by atoms with van der Waals surface area (Å²) in [7, 11) is 0. The van der Waals surface area contributed by atoms with Crippen molar-refractivity contribution in [3.8, 4) is 0 Å². The monoisotopic (exact) mass is 318 g/mol. The number of carboxylic acid groups (broad SMARTS) is 1. The Morgan fingerprint density at radius 1 is 1.41 bits per heavy atom. The average molecular weight is 318 g/mol. The summed E-state index contributed by atoms with van der Waals surface area (Å²) in [5.74, 6) is -0.295. The Kier molecular flexibility index (Phi) is 4.17. The fourth-order valence-electron chi connectivity index (χ4n) is 2.71. The van der Waals surface area contributed by atoms with Gasteiger partial charge >= 0.3 is 5.97 Å². The molecule has 7 heteroatoms. The number of aromatic nitrogens is 3. The summed E-state index contributed by atoms with van der Waals surface area (Å²) >= 11 is 1.73. The summed E-state index contributed by atoms with van der Waals surface area (Å²) in [6, 6.07) is 0.146. The van der Waals surface area contributed by atoms with Crippen LogP contribution in [0, 0.1) is 13.8 Å². The van der Waals surface area contributed by atoms with Gasteiger partial charge in [0.25, 0.3) is 0 Å². The second kappa shape index (κ2) is 6.10. The predicted molar refractivity (Wildman–Crippen MR) is 83.0 cm³/mol. The molecule has 1 fully saturated rings. The lowest BCUT2D eigenvalue weighted by atomic mass is 10.2. The van der Waals surface area contributed by atoms with Crippen molar-refractivity contribution < 1.29 is 9.90 Å². The van der Waals surface area contributed by atoms with Crippen LogP contribution in [0.15, 0.2) is 12.4 Å². The number of aryl methyl sites for hydroxylation is 2. The molecule has 0 radical (unpaired) electrons. The SMILES string of the molecule is Cc1nc(CN2CCCC2c2ncc(C(=O)O)cn2)sc1C. The quantitative estimate of drug-likeness (QED) is 0.933. The first-order valence-electron chi connectivity index (χ1n) is 7.27. The molecule has 0 saturated carbocycles. The molecule has 2 aromatic rings. The fourth-order valence-corrected chi connectivity index (χ4v) is 3.67. The largest absolute Gasteiger partial charge is 0.478 e. The van der Waals surface area contributed by atoms with Crippen LogP contribution in [0.3, 0.4) is 0 Å². The van der Waals surface area contributed by atoms with Crippen LogP contribution in [-0.4, -0.2) is 37.5 Å². The smallest absolute Gasteiger partial charge is 0.338 e. The maximum absolute atomic E-state index is 10.9. The summed E-state index contributed by atoms with van der Waals surface area (Å²) in [6.45, 7) is 5.91. The molecule has 0 aromatic carbocycles. The van der Waals surface area contributed by atoms with E-state index in [9.17, 15) is 4.79 Å². The Bertz CT molecular complexity index is 664. The van der Waals surface area contributed by atoms with Crippen molar-refractivity contribution >= 4 is 17.3 Å². The molecule has 1 N–H and O–H groups in total. The number of thiazole rings is 1. The number of aromatic carboxylic acids is 1. The van der Waals surface area contributed by atoms with Crippen LogP contribution in [-0.2, 0) is 6.54 Å². The third-order valence-corrected chi connectivity index (χ3v) is 5.05. The van der Waals surface area contributed by atoms with Crippen LogP contribution in [0.25, 0.3) is 0 Å². The fraction of sp³-hybridized carbons (Fsp3) is 0.467. The third-order valence-electron chi connectivity index (χ3n) is 3.99. The van der Waals surface area contributed by atoms with Crippen molar-refractivity contribution in [3.63, 3.8) is 0 Å². The molecule has 1 aliphatic rings. The van der Waals surface area contributed by atoms with Gasteiger partial charge in [0, 0.05) is 17.3 Å². The number of carboxylic acids is 1. The van der Waals surface area contributed by atoms with E-state index in [1.807, 2.05) is 6.92 Å². The van der Waals surface area contributed by atoms with E-state index in [0.29, 0.717) is 5.82 Å². The van der Waals surface area contributed by atoms with E-state index >= 15 is 0 Å².